The molecule has 0 saturated heterocycles. The molecule has 0 aliphatic rings. The molecular formula is C16H14BrN5O3S. The second kappa shape index (κ2) is 7.26. The Balaban J connectivity index is 1.73. The lowest BCUT2D eigenvalue weighted by Crippen LogP contribution is -2.14. The number of nitrogens with zero attached hydrogens (tertiary/aromatic N) is 3. The maximum atomic E-state index is 12.4. The van der Waals surface area contributed by atoms with E-state index in [1.807, 2.05) is 0 Å². The number of pyridine rings is 1. The van der Waals surface area contributed by atoms with Crippen molar-refractivity contribution in [3.05, 3.63) is 65.0 Å². The van der Waals surface area contributed by atoms with Crippen LogP contribution in [0.3, 0.4) is 0 Å². The average Bonchev–Trinajstić information content (AvgIpc) is 3.01. The predicted octanol–water partition coefficient (Wildman–Crippen LogP) is 2.65. The molecule has 0 fully saturated rings. The minimum absolute atomic E-state index is 0.317. The molecule has 0 spiro atoms. The minimum atomic E-state index is -3.41. The Kier molecular flexibility index (Phi) is 5.05. The van der Waals surface area contributed by atoms with Crippen LogP contribution in [0, 0.1) is 0 Å². The maximum Gasteiger partial charge on any atom is 0.255 e. The van der Waals surface area contributed by atoms with Crippen LogP contribution in [0.5, 0.6) is 0 Å². The van der Waals surface area contributed by atoms with Crippen molar-refractivity contribution < 1.29 is 13.2 Å². The maximum absolute atomic E-state index is 12.4. The fourth-order valence-electron chi connectivity index (χ4n) is 2.16. The van der Waals surface area contributed by atoms with Gasteiger partial charge in [-0.2, -0.15) is 5.10 Å². The van der Waals surface area contributed by atoms with Gasteiger partial charge in [0.15, 0.2) is 5.82 Å². The first-order chi connectivity index (χ1) is 12.3. The number of amides is 1. The van der Waals surface area contributed by atoms with E-state index < -0.39 is 10.0 Å². The standard InChI is InChI=1S/C16H14BrN5O3S/c1-26(24,25)21-13-4-2-3-11(7-13)16(23)20-14-5-6-15(18-9-14)22-10-12(17)8-19-22/h2-10,21H,1H3,(H,20,23). The lowest BCUT2D eigenvalue weighted by Gasteiger charge is -2.08. The van der Waals surface area contributed by atoms with E-state index >= 15 is 0 Å². The third-order valence-electron chi connectivity index (χ3n) is 3.22. The number of carbonyl (C=O) groups excluding carboxylic acids is 1. The Morgan fingerprint density at radius 2 is 1.96 bits per heavy atom. The van der Waals surface area contributed by atoms with E-state index in [0.29, 0.717) is 22.8 Å². The van der Waals surface area contributed by atoms with Crippen molar-refractivity contribution in [1.82, 2.24) is 14.8 Å². The largest absolute Gasteiger partial charge is 0.321 e. The zero-order valence-electron chi connectivity index (χ0n) is 13.5. The first kappa shape index (κ1) is 18.1. The van der Waals surface area contributed by atoms with Crippen LogP contribution in [0.15, 0.2) is 59.5 Å². The summed E-state index contributed by atoms with van der Waals surface area (Å²) in [5.74, 6) is 0.228. The molecule has 0 aliphatic heterocycles. The van der Waals surface area contributed by atoms with Gasteiger partial charge in [0, 0.05) is 17.4 Å². The number of hydrogen-bond acceptors (Lipinski definition) is 5. The number of benzene rings is 1. The Bertz CT molecular complexity index is 1050. The highest BCUT2D eigenvalue weighted by Crippen LogP contribution is 2.16. The van der Waals surface area contributed by atoms with Gasteiger partial charge in [-0.05, 0) is 46.3 Å². The summed E-state index contributed by atoms with van der Waals surface area (Å²) in [4.78, 5) is 16.6. The van der Waals surface area contributed by atoms with Gasteiger partial charge in [-0.1, -0.05) is 6.07 Å². The van der Waals surface area contributed by atoms with Gasteiger partial charge in [0.2, 0.25) is 10.0 Å². The van der Waals surface area contributed by atoms with Gasteiger partial charge < -0.3 is 5.32 Å². The van der Waals surface area contributed by atoms with E-state index in [2.05, 4.69) is 36.1 Å². The Hall–Kier alpha value is -2.72. The Labute approximate surface area is 158 Å². The summed E-state index contributed by atoms with van der Waals surface area (Å²) in [6.07, 6.45) is 5.97. The van der Waals surface area contributed by atoms with Crippen LogP contribution in [0.1, 0.15) is 10.4 Å². The number of carbonyl (C=O) groups is 1. The summed E-state index contributed by atoms with van der Waals surface area (Å²) in [6, 6.07) is 9.63. The molecule has 0 bridgehead atoms. The van der Waals surface area contributed by atoms with Crippen molar-refractivity contribution in [1.29, 1.82) is 0 Å². The Morgan fingerprint density at radius 3 is 2.58 bits per heavy atom. The first-order valence-corrected chi connectivity index (χ1v) is 10.0. The van der Waals surface area contributed by atoms with Gasteiger partial charge in [-0.25, -0.2) is 18.1 Å². The molecule has 0 unspecified atom stereocenters. The summed E-state index contributed by atoms with van der Waals surface area (Å²) in [5, 5.41) is 6.84. The third kappa shape index (κ3) is 4.67. The molecule has 10 heteroatoms. The number of anilines is 2. The van der Waals surface area contributed by atoms with Gasteiger partial charge in [0.05, 0.1) is 28.8 Å². The molecule has 26 heavy (non-hydrogen) atoms. The van der Waals surface area contributed by atoms with E-state index in [0.717, 1.165) is 10.7 Å². The number of aromatic nitrogens is 3. The quantitative estimate of drug-likeness (QED) is 0.640. The van der Waals surface area contributed by atoms with Crippen molar-refractivity contribution in [3.8, 4) is 5.82 Å². The fraction of sp³-hybridized carbons (Fsp3) is 0.0625. The van der Waals surface area contributed by atoms with Crippen molar-refractivity contribution in [3.63, 3.8) is 0 Å². The molecule has 134 valence electrons. The molecule has 3 aromatic rings. The van der Waals surface area contributed by atoms with Crippen LogP contribution in [0.25, 0.3) is 5.82 Å². The number of rotatable bonds is 5. The minimum Gasteiger partial charge on any atom is -0.321 e. The van der Waals surface area contributed by atoms with Gasteiger partial charge in [-0.15, -0.1) is 0 Å². The van der Waals surface area contributed by atoms with Crippen LogP contribution in [-0.4, -0.2) is 35.3 Å². The number of hydrogen-bond donors (Lipinski definition) is 2. The average molecular weight is 436 g/mol. The van der Waals surface area contributed by atoms with E-state index in [4.69, 9.17) is 0 Å². The molecule has 3 rings (SSSR count). The molecule has 2 heterocycles. The molecule has 0 saturated carbocycles. The lowest BCUT2D eigenvalue weighted by atomic mass is 10.2. The summed E-state index contributed by atoms with van der Waals surface area (Å²) in [5.41, 5.74) is 1.14. The monoisotopic (exact) mass is 435 g/mol. The summed E-state index contributed by atoms with van der Waals surface area (Å²) in [7, 11) is -3.41. The highest BCUT2D eigenvalue weighted by molar-refractivity contribution is 9.10. The van der Waals surface area contributed by atoms with E-state index in [9.17, 15) is 13.2 Å². The second-order valence-corrected chi connectivity index (χ2v) is 8.08. The van der Waals surface area contributed by atoms with Crippen LogP contribution >= 0.6 is 15.9 Å². The summed E-state index contributed by atoms with van der Waals surface area (Å²) < 4.78 is 27.3. The molecule has 0 radical (unpaired) electrons. The second-order valence-electron chi connectivity index (χ2n) is 5.42. The zero-order chi connectivity index (χ0) is 18.7. The number of halogens is 1. The topological polar surface area (TPSA) is 106 Å². The Morgan fingerprint density at radius 1 is 1.15 bits per heavy atom. The van der Waals surface area contributed by atoms with Crippen molar-refractivity contribution in [2.75, 3.05) is 16.3 Å². The van der Waals surface area contributed by atoms with E-state index in [-0.39, 0.29) is 5.91 Å². The van der Waals surface area contributed by atoms with Gasteiger partial charge in [-0.3, -0.25) is 9.52 Å². The van der Waals surface area contributed by atoms with E-state index in [1.165, 1.54) is 12.3 Å². The van der Waals surface area contributed by atoms with Crippen LogP contribution < -0.4 is 10.0 Å². The summed E-state index contributed by atoms with van der Waals surface area (Å²) in [6.45, 7) is 0. The fourth-order valence-corrected chi connectivity index (χ4v) is 3.00. The predicted molar refractivity (Wildman–Crippen MR) is 102 cm³/mol. The summed E-state index contributed by atoms with van der Waals surface area (Å²) >= 11 is 3.32. The van der Waals surface area contributed by atoms with Crippen LogP contribution in [0.4, 0.5) is 11.4 Å². The van der Waals surface area contributed by atoms with Crippen molar-refractivity contribution >= 4 is 43.2 Å². The highest BCUT2D eigenvalue weighted by atomic mass is 79.9. The van der Waals surface area contributed by atoms with Gasteiger partial charge in [0.25, 0.3) is 5.91 Å². The first-order valence-electron chi connectivity index (χ1n) is 7.36. The van der Waals surface area contributed by atoms with Gasteiger partial charge >= 0.3 is 0 Å². The van der Waals surface area contributed by atoms with Crippen molar-refractivity contribution in [2.24, 2.45) is 0 Å². The molecule has 1 amide bonds. The molecule has 1 aromatic carbocycles. The SMILES string of the molecule is CS(=O)(=O)Nc1cccc(C(=O)Nc2ccc(-n3cc(Br)cn3)nc2)c1. The van der Waals surface area contributed by atoms with Crippen LogP contribution in [0.2, 0.25) is 0 Å². The van der Waals surface area contributed by atoms with Crippen LogP contribution in [-0.2, 0) is 10.0 Å². The van der Waals surface area contributed by atoms with Gasteiger partial charge in [0.1, 0.15) is 0 Å². The molecular weight excluding hydrogens is 422 g/mol. The molecule has 2 N–H and O–H groups in total. The smallest absolute Gasteiger partial charge is 0.255 e. The molecule has 8 nitrogen and oxygen atoms in total. The van der Waals surface area contributed by atoms with Crippen molar-refractivity contribution in [2.45, 2.75) is 0 Å². The number of nitrogens with one attached hydrogen (secondary N) is 2. The lowest BCUT2D eigenvalue weighted by molar-refractivity contribution is 0.102. The molecule has 2 aromatic heterocycles. The third-order valence-corrected chi connectivity index (χ3v) is 4.24. The molecule has 0 aliphatic carbocycles. The number of sulfonamides is 1. The normalized spacial score (nSPS) is 11.2. The highest BCUT2D eigenvalue weighted by Gasteiger charge is 2.09. The molecule has 0 atom stereocenters. The zero-order valence-corrected chi connectivity index (χ0v) is 16.0. The van der Waals surface area contributed by atoms with E-state index in [1.54, 1.807) is 47.4 Å².